The molecule has 0 spiro atoms. The van der Waals surface area contributed by atoms with Crippen molar-refractivity contribution in [1.82, 2.24) is 10.3 Å². The molecular formula is C24H27ClN3O+. The van der Waals surface area contributed by atoms with Gasteiger partial charge in [-0.3, -0.25) is 4.79 Å². The Morgan fingerprint density at radius 2 is 1.79 bits per heavy atom. The number of carbonyl (C=O) groups is 1. The number of nitrogens with zero attached hydrogens (tertiary/aromatic N) is 1. The van der Waals surface area contributed by atoms with Crippen LogP contribution in [0.5, 0.6) is 0 Å². The Morgan fingerprint density at radius 3 is 2.48 bits per heavy atom. The summed E-state index contributed by atoms with van der Waals surface area (Å²) < 4.78 is 0. The molecule has 0 unspecified atom stereocenters. The summed E-state index contributed by atoms with van der Waals surface area (Å²) in [5.74, 6) is -0.0305. The summed E-state index contributed by atoms with van der Waals surface area (Å²) in [5, 5.41) is 4.77. The zero-order valence-electron chi connectivity index (χ0n) is 17.2. The molecule has 2 aromatic carbocycles. The third-order valence-electron chi connectivity index (χ3n) is 5.93. The van der Waals surface area contributed by atoms with Crippen LogP contribution in [0.25, 0.3) is 22.2 Å². The van der Waals surface area contributed by atoms with Crippen LogP contribution in [0.4, 0.5) is 0 Å². The molecule has 0 saturated carbocycles. The van der Waals surface area contributed by atoms with Crippen molar-refractivity contribution in [3.63, 3.8) is 0 Å². The van der Waals surface area contributed by atoms with E-state index in [1.165, 1.54) is 10.5 Å². The Hall–Kier alpha value is -2.43. The summed E-state index contributed by atoms with van der Waals surface area (Å²) >= 11 is 6.37. The van der Waals surface area contributed by atoms with Crippen molar-refractivity contribution in [2.24, 2.45) is 0 Å². The second-order valence-electron chi connectivity index (χ2n) is 8.19. The molecule has 0 bridgehead atoms. The molecule has 0 atom stereocenters. The van der Waals surface area contributed by atoms with Crippen LogP contribution in [0.2, 0.25) is 5.02 Å². The van der Waals surface area contributed by atoms with Crippen molar-refractivity contribution in [1.29, 1.82) is 0 Å². The topological polar surface area (TPSA) is 46.4 Å². The number of piperidine rings is 1. The Morgan fingerprint density at radius 1 is 1.10 bits per heavy atom. The van der Waals surface area contributed by atoms with Gasteiger partial charge in [-0.25, -0.2) is 4.98 Å². The number of carbonyl (C=O) groups excluding carboxylic acids is 1. The third-order valence-corrected chi connectivity index (χ3v) is 6.34. The number of pyridine rings is 1. The highest BCUT2D eigenvalue weighted by Crippen LogP contribution is 2.30. The fourth-order valence-electron chi connectivity index (χ4n) is 3.98. The van der Waals surface area contributed by atoms with Crippen LogP contribution in [-0.4, -0.2) is 37.1 Å². The van der Waals surface area contributed by atoms with Gasteiger partial charge in [-0.15, -0.1) is 0 Å². The number of quaternary nitrogens is 1. The van der Waals surface area contributed by atoms with E-state index in [-0.39, 0.29) is 11.9 Å². The van der Waals surface area contributed by atoms with Gasteiger partial charge in [0.05, 0.1) is 36.9 Å². The Labute approximate surface area is 176 Å². The number of hydrogen-bond acceptors (Lipinski definition) is 2. The molecular weight excluding hydrogens is 382 g/mol. The minimum atomic E-state index is -0.0305. The van der Waals surface area contributed by atoms with Crippen LogP contribution in [0.3, 0.4) is 0 Å². The molecule has 5 heteroatoms. The summed E-state index contributed by atoms with van der Waals surface area (Å²) in [7, 11) is 2.20. The zero-order chi connectivity index (χ0) is 20.5. The monoisotopic (exact) mass is 408 g/mol. The number of hydrogen-bond donors (Lipinski definition) is 2. The van der Waals surface area contributed by atoms with Crippen molar-refractivity contribution in [2.75, 3.05) is 20.1 Å². The Kier molecular flexibility index (Phi) is 5.57. The molecule has 4 nitrogen and oxygen atoms in total. The maximum atomic E-state index is 13.3. The highest BCUT2D eigenvalue weighted by molar-refractivity contribution is 6.32. The van der Waals surface area contributed by atoms with Gasteiger partial charge in [0.2, 0.25) is 0 Å². The molecule has 1 aliphatic rings. The summed E-state index contributed by atoms with van der Waals surface area (Å²) in [6, 6.07) is 14.1. The minimum Gasteiger partial charge on any atom is -0.349 e. The van der Waals surface area contributed by atoms with E-state index in [0.29, 0.717) is 10.6 Å². The number of halogens is 1. The predicted octanol–water partition coefficient (Wildman–Crippen LogP) is 3.58. The van der Waals surface area contributed by atoms with Gasteiger partial charge in [-0.05, 0) is 31.5 Å². The van der Waals surface area contributed by atoms with Crippen LogP contribution >= 0.6 is 11.6 Å². The molecule has 0 aliphatic carbocycles. The number of aryl methyl sites for hydroxylation is 2. The van der Waals surface area contributed by atoms with Crippen LogP contribution in [0.15, 0.2) is 42.5 Å². The van der Waals surface area contributed by atoms with Crippen molar-refractivity contribution >= 4 is 28.4 Å². The number of likely N-dealkylation sites (tertiary alicyclic amines) is 1. The van der Waals surface area contributed by atoms with Crippen molar-refractivity contribution in [3.8, 4) is 11.3 Å². The van der Waals surface area contributed by atoms with Crippen LogP contribution < -0.4 is 10.2 Å². The van der Waals surface area contributed by atoms with Gasteiger partial charge < -0.3 is 10.2 Å². The number of amides is 1. The van der Waals surface area contributed by atoms with E-state index >= 15 is 0 Å². The standard InChI is InChI=1S/C24H26ClN3O/c1-15-4-6-17(7-5-15)22-14-20(19-8-9-21(25)16(2)23(19)27-22)24(29)26-18-10-12-28(3)13-11-18/h4-9,14,18H,10-13H2,1-3H3,(H,26,29)/p+1. The summed E-state index contributed by atoms with van der Waals surface area (Å²) in [6.45, 7) is 6.19. The maximum absolute atomic E-state index is 13.3. The first kappa shape index (κ1) is 19.9. The lowest BCUT2D eigenvalue weighted by molar-refractivity contribution is -0.884. The molecule has 1 aromatic heterocycles. The van der Waals surface area contributed by atoms with E-state index in [4.69, 9.17) is 16.6 Å². The molecule has 3 aromatic rings. The van der Waals surface area contributed by atoms with Gasteiger partial charge in [-0.2, -0.15) is 0 Å². The van der Waals surface area contributed by atoms with Gasteiger partial charge in [0.15, 0.2) is 0 Å². The summed E-state index contributed by atoms with van der Waals surface area (Å²) in [5.41, 5.74) is 5.33. The summed E-state index contributed by atoms with van der Waals surface area (Å²) in [6.07, 6.45) is 2.02. The van der Waals surface area contributed by atoms with E-state index in [2.05, 4.69) is 31.4 Å². The van der Waals surface area contributed by atoms with Gasteiger partial charge in [0, 0.05) is 34.9 Å². The van der Waals surface area contributed by atoms with Gasteiger partial charge in [0.25, 0.3) is 5.91 Å². The van der Waals surface area contributed by atoms with Crippen molar-refractivity contribution in [2.45, 2.75) is 32.7 Å². The van der Waals surface area contributed by atoms with E-state index < -0.39 is 0 Å². The fourth-order valence-corrected chi connectivity index (χ4v) is 4.13. The molecule has 1 amide bonds. The smallest absolute Gasteiger partial charge is 0.252 e. The van der Waals surface area contributed by atoms with Crippen LogP contribution in [-0.2, 0) is 0 Å². The van der Waals surface area contributed by atoms with Gasteiger partial charge in [0.1, 0.15) is 0 Å². The second-order valence-corrected chi connectivity index (χ2v) is 8.60. The quantitative estimate of drug-likeness (QED) is 0.695. The Balaban J connectivity index is 1.77. The van der Waals surface area contributed by atoms with E-state index in [0.717, 1.165) is 53.7 Å². The van der Waals surface area contributed by atoms with E-state index in [1.54, 1.807) is 0 Å². The first-order valence-electron chi connectivity index (χ1n) is 10.2. The minimum absolute atomic E-state index is 0.0305. The SMILES string of the molecule is Cc1ccc(-c2cc(C(=O)NC3CC[NH+](C)CC3)c3ccc(Cl)c(C)c3n2)cc1. The third kappa shape index (κ3) is 4.14. The number of fused-ring (bicyclic) bond motifs is 1. The number of benzene rings is 2. The van der Waals surface area contributed by atoms with Crippen LogP contribution in [0, 0.1) is 13.8 Å². The molecule has 29 heavy (non-hydrogen) atoms. The molecule has 150 valence electrons. The second kappa shape index (κ2) is 8.13. The lowest BCUT2D eigenvalue weighted by atomic mass is 9.99. The first-order chi connectivity index (χ1) is 13.9. The summed E-state index contributed by atoms with van der Waals surface area (Å²) in [4.78, 5) is 19.7. The molecule has 1 aliphatic heterocycles. The average Bonchev–Trinajstić information content (AvgIpc) is 2.72. The molecule has 1 fully saturated rings. The largest absolute Gasteiger partial charge is 0.349 e. The van der Waals surface area contributed by atoms with Gasteiger partial charge in [-0.1, -0.05) is 47.5 Å². The van der Waals surface area contributed by atoms with Crippen molar-refractivity contribution in [3.05, 3.63) is 64.2 Å². The van der Waals surface area contributed by atoms with Crippen LogP contribution in [0.1, 0.15) is 34.3 Å². The average molecular weight is 409 g/mol. The normalized spacial score (nSPS) is 19.3. The lowest BCUT2D eigenvalue weighted by Crippen LogP contribution is -3.10. The molecule has 2 N–H and O–H groups in total. The molecule has 4 rings (SSSR count). The number of nitrogens with one attached hydrogen (secondary N) is 2. The van der Waals surface area contributed by atoms with E-state index in [1.807, 2.05) is 37.3 Å². The molecule has 2 heterocycles. The lowest BCUT2D eigenvalue weighted by Gasteiger charge is -2.27. The first-order valence-corrected chi connectivity index (χ1v) is 10.6. The highest BCUT2D eigenvalue weighted by atomic mass is 35.5. The number of rotatable bonds is 3. The zero-order valence-corrected chi connectivity index (χ0v) is 17.9. The Bertz CT molecular complexity index is 1050. The molecule has 0 radical (unpaired) electrons. The number of aromatic nitrogens is 1. The van der Waals surface area contributed by atoms with Gasteiger partial charge >= 0.3 is 0 Å². The van der Waals surface area contributed by atoms with E-state index in [9.17, 15) is 4.79 Å². The maximum Gasteiger partial charge on any atom is 0.252 e. The predicted molar refractivity (Wildman–Crippen MR) is 119 cm³/mol. The fraction of sp³-hybridized carbons (Fsp3) is 0.333. The van der Waals surface area contributed by atoms with Crippen molar-refractivity contribution < 1.29 is 9.69 Å². The molecule has 1 saturated heterocycles. The highest BCUT2D eigenvalue weighted by Gasteiger charge is 2.23.